The molecule has 0 unspecified atom stereocenters. The molecular weight excluding hydrogens is 278 g/mol. The fraction of sp³-hybridized carbons (Fsp3) is 0.471. The van der Waals surface area contributed by atoms with Crippen LogP contribution in [-0.2, 0) is 4.74 Å². The van der Waals surface area contributed by atoms with Crippen molar-refractivity contribution in [2.75, 3.05) is 39.4 Å². The van der Waals surface area contributed by atoms with Gasteiger partial charge in [0, 0.05) is 42.8 Å². The molecule has 1 saturated heterocycles. The first kappa shape index (κ1) is 15.1. The van der Waals surface area contributed by atoms with Crippen LogP contribution in [0.1, 0.15) is 21.6 Å². The van der Waals surface area contributed by atoms with Crippen LogP contribution in [0.5, 0.6) is 0 Å². The minimum atomic E-state index is 0.00584. The first-order valence-corrected chi connectivity index (χ1v) is 7.83. The highest BCUT2D eigenvalue weighted by Gasteiger charge is 2.17. The largest absolute Gasteiger partial charge is 0.379 e. The number of benzene rings is 1. The van der Waals surface area contributed by atoms with Gasteiger partial charge in [-0.3, -0.25) is 9.69 Å². The van der Waals surface area contributed by atoms with Gasteiger partial charge in [0.15, 0.2) is 0 Å². The number of aromatic nitrogens is 1. The molecule has 0 atom stereocenters. The van der Waals surface area contributed by atoms with Crippen molar-refractivity contribution in [3.8, 4) is 0 Å². The normalized spacial score (nSPS) is 16.1. The van der Waals surface area contributed by atoms with Crippen LogP contribution in [0, 0.1) is 13.8 Å². The Balaban J connectivity index is 1.68. The number of aryl methyl sites for hydroxylation is 2. The number of fused-ring (bicyclic) bond motifs is 1. The number of nitrogens with one attached hydrogen (secondary N) is 2. The second kappa shape index (κ2) is 6.50. The molecule has 0 radical (unpaired) electrons. The summed E-state index contributed by atoms with van der Waals surface area (Å²) in [5, 5.41) is 4.08. The maximum Gasteiger partial charge on any atom is 0.253 e. The van der Waals surface area contributed by atoms with Gasteiger partial charge < -0.3 is 15.0 Å². The van der Waals surface area contributed by atoms with Gasteiger partial charge in [-0.1, -0.05) is 12.1 Å². The Labute approximate surface area is 130 Å². The van der Waals surface area contributed by atoms with Gasteiger partial charge in [0.1, 0.15) is 0 Å². The number of H-pyrrole nitrogens is 1. The summed E-state index contributed by atoms with van der Waals surface area (Å²) in [6, 6.07) is 6.06. The number of ether oxygens (including phenoxy) is 1. The summed E-state index contributed by atoms with van der Waals surface area (Å²) < 4.78 is 5.33. The number of hydrogen-bond acceptors (Lipinski definition) is 3. The van der Waals surface area contributed by atoms with Crippen molar-refractivity contribution in [1.29, 1.82) is 0 Å². The number of aromatic amines is 1. The molecule has 1 fully saturated rings. The molecule has 0 saturated carbocycles. The Morgan fingerprint density at radius 2 is 2.09 bits per heavy atom. The van der Waals surface area contributed by atoms with Crippen LogP contribution in [0.4, 0.5) is 0 Å². The molecule has 2 N–H and O–H groups in total. The number of carbonyl (C=O) groups is 1. The number of amides is 1. The van der Waals surface area contributed by atoms with E-state index in [1.54, 1.807) is 0 Å². The molecule has 2 heterocycles. The van der Waals surface area contributed by atoms with E-state index in [2.05, 4.69) is 15.2 Å². The maximum atomic E-state index is 12.6. The van der Waals surface area contributed by atoms with Crippen molar-refractivity contribution in [1.82, 2.24) is 15.2 Å². The molecule has 1 aromatic heterocycles. The Morgan fingerprint density at radius 1 is 1.32 bits per heavy atom. The smallest absolute Gasteiger partial charge is 0.253 e. The van der Waals surface area contributed by atoms with Gasteiger partial charge in [-0.05, 0) is 25.5 Å². The highest BCUT2D eigenvalue weighted by atomic mass is 16.5. The van der Waals surface area contributed by atoms with E-state index in [-0.39, 0.29) is 5.91 Å². The Hall–Kier alpha value is -1.85. The molecule has 1 aliphatic rings. The number of hydrogen-bond donors (Lipinski definition) is 2. The molecule has 1 amide bonds. The molecule has 0 spiro atoms. The van der Waals surface area contributed by atoms with Gasteiger partial charge in [-0.15, -0.1) is 0 Å². The summed E-state index contributed by atoms with van der Waals surface area (Å²) >= 11 is 0. The molecule has 5 nitrogen and oxygen atoms in total. The highest BCUT2D eigenvalue weighted by Crippen LogP contribution is 2.25. The van der Waals surface area contributed by atoms with E-state index in [9.17, 15) is 4.79 Å². The predicted octanol–water partition coefficient (Wildman–Crippen LogP) is 1.85. The third-order valence-corrected chi connectivity index (χ3v) is 4.26. The van der Waals surface area contributed by atoms with Crippen molar-refractivity contribution in [3.05, 3.63) is 35.0 Å². The fourth-order valence-electron chi connectivity index (χ4n) is 3.08. The first-order valence-electron chi connectivity index (χ1n) is 7.83. The topological polar surface area (TPSA) is 57.4 Å². The van der Waals surface area contributed by atoms with E-state index in [1.807, 2.05) is 32.0 Å². The van der Waals surface area contributed by atoms with Gasteiger partial charge >= 0.3 is 0 Å². The summed E-state index contributed by atoms with van der Waals surface area (Å²) in [4.78, 5) is 18.2. The lowest BCUT2D eigenvalue weighted by Gasteiger charge is -2.26. The van der Waals surface area contributed by atoms with Crippen molar-refractivity contribution in [2.24, 2.45) is 0 Å². The Bertz CT molecular complexity index is 672. The van der Waals surface area contributed by atoms with Gasteiger partial charge in [0.25, 0.3) is 5.91 Å². The lowest BCUT2D eigenvalue weighted by Crippen LogP contribution is -2.41. The summed E-state index contributed by atoms with van der Waals surface area (Å²) in [5.74, 6) is 0.00584. The first-order chi connectivity index (χ1) is 10.7. The molecule has 1 aliphatic heterocycles. The van der Waals surface area contributed by atoms with E-state index < -0.39 is 0 Å². The van der Waals surface area contributed by atoms with Crippen LogP contribution in [0.2, 0.25) is 0 Å². The third kappa shape index (κ3) is 3.00. The van der Waals surface area contributed by atoms with Crippen molar-refractivity contribution >= 4 is 16.8 Å². The minimum absolute atomic E-state index is 0.00584. The standard InChI is InChI=1S/C17H23N3O2/c1-12-4-3-5-14-15(12)16(13(2)19-14)17(21)18-6-7-20-8-10-22-11-9-20/h3-5,19H,6-11H2,1-2H3,(H,18,21). The van der Waals surface area contributed by atoms with Gasteiger partial charge in [0.2, 0.25) is 0 Å². The highest BCUT2D eigenvalue weighted by molar-refractivity contribution is 6.09. The van der Waals surface area contributed by atoms with Crippen LogP contribution < -0.4 is 5.32 Å². The van der Waals surface area contributed by atoms with Crippen molar-refractivity contribution in [3.63, 3.8) is 0 Å². The number of morpholine rings is 1. The SMILES string of the molecule is Cc1[nH]c2cccc(C)c2c1C(=O)NCCN1CCOCC1. The average Bonchev–Trinajstić information content (AvgIpc) is 2.86. The van der Waals surface area contributed by atoms with Crippen molar-refractivity contribution in [2.45, 2.75) is 13.8 Å². The fourth-order valence-corrected chi connectivity index (χ4v) is 3.08. The van der Waals surface area contributed by atoms with Crippen LogP contribution in [0.25, 0.3) is 10.9 Å². The van der Waals surface area contributed by atoms with E-state index in [1.165, 1.54) is 0 Å². The predicted molar refractivity (Wildman–Crippen MR) is 87.4 cm³/mol. The second-order valence-electron chi connectivity index (χ2n) is 5.83. The van der Waals surface area contributed by atoms with E-state index >= 15 is 0 Å². The molecule has 22 heavy (non-hydrogen) atoms. The molecule has 2 aromatic rings. The van der Waals surface area contributed by atoms with E-state index in [4.69, 9.17) is 4.74 Å². The van der Waals surface area contributed by atoms with Crippen LogP contribution in [0.3, 0.4) is 0 Å². The Kier molecular flexibility index (Phi) is 4.45. The Morgan fingerprint density at radius 3 is 2.86 bits per heavy atom. The number of nitrogens with zero attached hydrogens (tertiary/aromatic N) is 1. The van der Waals surface area contributed by atoms with Gasteiger partial charge in [0.05, 0.1) is 18.8 Å². The molecule has 5 heteroatoms. The maximum absolute atomic E-state index is 12.6. The summed E-state index contributed by atoms with van der Waals surface area (Å²) in [5.41, 5.74) is 3.85. The zero-order valence-corrected chi connectivity index (χ0v) is 13.2. The van der Waals surface area contributed by atoms with E-state index in [0.29, 0.717) is 6.54 Å². The molecule has 0 aliphatic carbocycles. The van der Waals surface area contributed by atoms with Crippen LogP contribution >= 0.6 is 0 Å². The average molecular weight is 301 g/mol. The zero-order chi connectivity index (χ0) is 15.5. The molecule has 118 valence electrons. The summed E-state index contributed by atoms with van der Waals surface area (Å²) in [6.45, 7) is 8.99. The summed E-state index contributed by atoms with van der Waals surface area (Å²) in [7, 11) is 0. The van der Waals surface area contributed by atoms with E-state index in [0.717, 1.165) is 60.6 Å². The zero-order valence-electron chi connectivity index (χ0n) is 13.2. The summed E-state index contributed by atoms with van der Waals surface area (Å²) in [6.07, 6.45) is 0. The van der Waals surface area contributed by atoms with Crippen LogP contribution in [0.15, 0.2) is 18.2 Å². The lowest BCUT2D eigenvalue weighted by atomic mass is 10.1. The van der Waals surface area contributed by atoms with Crippen LogP contribution in [-0.4, -0.2) is 55.2 Å². The minimum Gasteiger partial charge on any atom is -0.379 e. The third-order valence-electron chi connectivity index (χ3n) is 4.26. The van der Waals surface area contributed by atoms with Gasteiger partial charge in [-0.25, -0.2) is 0 Å². The lowest BCUT2D eigenvalue weighted by molar-refractivity contribution is 0.0383. The number of carbonyl (C=O) groups excluding carboxylic acids is 1. The monoisotopic (exact) mass is 301 g/mol. The quantitative estimate of drug-likeness (QED) is 0.906. The molecule has 3 rings (SSSR count). The second-order valence-corrected chi connectivity index (χ2v) is 5.83. The molecule has 1 aromatic carbocycles. The van der Waals surface area contributed by atoms with Crippen molar-refractivity contribution < 1.29 is 9.53 Å². The molecule has 0 bridgehead atoms. The number of rotatable bonds is 4. The van der Waals surface area contributed by atoms with Gasteiger partial charge in [-0.2, -0.15) is 0 Å². The molecular formula is C17H23N3O2.